The van der Waals surface area contributed by atoms with E-state index in [1.165, 1.54) is 0 Å². The van der Waals surface area contributed by atoms with Crippen molar-refractivity contribution in [3.05, 3.63) is 35.4 Å². The van der Waals surface area contributed by atoms with Crippen molar-refractivity contribution in [2.75, 3.05) is 6.54 Å². The van der Waals surface area contributed by atoms with Gasteiger partial charge in [0.15, 0.2) is 0 Å². The van der Waals surface area contributed by atoms with Crippen molar-refractivity contribution in [1.82, 2.24) is 5.32 Å². The zero-order chi connectivity index (χ0) is 12.0. The first kappa shape index (κ1) is 12.7. The highest BCUT2D eigenvalue weighted by Gasteiger charge is 2.07. The lowest BCUT2D eigenvalue weighted by Gasteiger charge is -2.16. The number of aliphatic hydroxyl groups excluding tert-OH is 1. The molecule has 0 aliphatic rings. The molecule has 0 aliphatic heterocycles. The fourth-order valence-electron chi connectivity index (χ4n) is 1.42. The summed E-state index contributed by atoms with van der Waals surface area (Å²) >= 11 is 0. The number of benzene rings is 1. The summed E-state index contributed by atoms with van der Waals surface area (Å²) in [5.74, 6) is 0. The zero-order valence-corrected chi connectivity index (χ0v) is 9.77. The van der Waals surface area contributed by atoms with E-state index < -0.39 is 0 Å². The van der Waals surface area contributed by atoms with Gasteiger partial charge >= 0.3 is 0 Å². The normalized spacial score (nSPS) is 14.1. The van der Waals surface area contributed by atoms with E-state index in [0.29, 0.717) is 12.1 Å². The van der Waals surface area contributed by atoms with Crippen LogP contribution in [0.25, 0.3) is 0 Å². The molecule has 0 spiro atoms. The standard InChI is InChI=1S/C13H18N2O/c1-3-13(16)9-15-10(2)12-6-4-11(8-14)5-7-12/h4-7,10,13,15-16H,3,9H2,1-2H3/t10?,13-/m1/s1. The molecule has 1 rings (SSSR count). The van der Waals surface area contributed by atoms with E-state index in [4.69, 9.17) is 5.26 Å². The Balaban J connectivity index is 2.53. The van der Waals surface area contributed by atoms with Gasteiger partial charge in [-0.05, 0) is 31.0 Å². The highest BCUT2D eigenvalue weighted by atomic mass is 16.3. The lowest BCUT2D eigenvalue weighted by molar-refractivity contribution is 0.164. The lowest BCUT2D eigenvalue weighted by Crippen LogP contribution is -2.28. The Morgan fingerprint density at radius 3 is 2.50 bits per heavy atom. The van der Waals surface area contributed by atoms with Crippen LogP contribution in [-0.4, -0.2) is 17.8 Å². The highest BCUT2D eigenvalue weighted by Crippen LogP contribution is 2.12. The van der Waals surface area contributed by atoms with Gasteiger partial charge in [0.25, 0.3) is 0 Å². The molecule has 0 aromatic heterocycles. The molecule has 1 aromatic rings. The van der Waals surface area contributed by atoms with E-state index in [-0.39, 0.29) is 12.1 Å². The van der Waals surface area contributed by atoms with Gasteiger partial charge in [0.2, 0.25) is 0 Å². The van der Waals surface area contributed by atoms with Crippen LogP contribution in [0.3, 0.4) is 0 Å². The second kappa shape index (κ2) is 6.26. The summed E-state index contributed by atoms with van der Waals surface area (Å²) in [4.78, 5) is 0. The number of hydrogen-bond acceptors (Lipinski definition) is 3. The topological polar surface area (TPSA) is 56.0 Å². The Hall–Kier alpha value is -1.37. The second-order valence-electron chi connectivity index (χ2n) is 3.93. The van der Waals surface area contributed by atoms with Crippen molar-refractivity contribution in [2.24, 2.45) is 0 Å². The summed E-state index contributed by atoms with van der Waals surface area (Å²) in [6.45, 7) is 4.60. The molecular formula is C13H18N2O. The highest BCUT2D eigenvalue weighted by molar-refractivity contribution is 5.32. The van der Waals surface area contributed by atoms with Crippen LogP contribution < -0.4 is 5.32 Å². The lowest BCUT2D eigenvalue weighted by atomic mass is 10.1. The first-order chi connectivity index (χ1) is 7.67. The molecule has 2 N–H and O–H groups in total. The third kappa shape index (κ3) is 3.65. The molecule has 0 fully saturated rings. The van der Waals surface area contributed by atoms with Gasteiger partial charge in [-0.15, -0.1) is 0 Å². The molecule has 3 nitrogen and oxygen atoms in total. The Kier molecular flexibility index (Phi) is 4.97. The summed E-state index contributed by atoms with van der Waals surface area (Å²) in [7, 11) is 0. The van der Waals surface area contributed by atoms with Gasteiger partial charge < -0.3 is 10.4 Å². The summed E-state index contributed by atoms with van der Waals surface area (Å²) < 4.78 is 0. The molecule has 0 saturated heterocycles. The number of nitrogens with zero attached hydrogens (tertiary/aromatic N) is 1. The quantitative estimate of drug-likeness (QED) is 0.794. The van der Waals surface area contributed by atoms with Crippen LogP contribution in [0.2, 0.25) is 0 Å². The molecule has 16 heavy (non-hydrogen) atoms. The molecule has 0 radical (unpaired) electrons. The van der Waals surface area contributed by atoms with Crippen LogP contribution in [0.1, 0.15) is 37.4 Å². The van der Waals surface area contributed by atoms with Crippen molar-refractivity contribution in [2.45, 2.75) is 32.4 Å². The largest absolute Gasteiger partial charge is 0.392 e. The van der Waals surface area contributed by atoms with E-state index in [1.54, 1.807) is 0 Å². The average Bonchev–Trinajstić information content (AvgIpc) is 2.35. The Labute approximate surface area is 96.7 Å². The van der Waals surface area contributed by atoms with Crippen molar-refractivity contribution < 1.29 is 5.11 Å². The van der Waals surface area contributed by atoms with Crippen LogP contribution >= 0.6 is 0 Å². The maximum absolute atomic E-state index is 9.43. The van der Waals surface area contributed by atoms with Gasteiger partial charge in [0.05, 0.1) is 17.7 Å². The predicted octanol–water partition coefficient (Wildman–Crippen LogP) is 1.98. The molecule has 3 heteroatoms. The van der Waals surface area contributed by atoms with Crippen molar-refractivity contribution in [1.29, 1.82) is 5.26 Å². The second-order valence-corrected chi connectivity index (χ2v) is 3.93. The maximum Gasteiger partial charge on any atom is 0.0991 e. The minimum Gasteiger partial charge on any atom is -0.392 e. The van der Waals surface area contributed by atoms with Crippen molar-refractivity contribution in [3.63, 3.8) is 0 Å². The smallest absolute Gasteiger partial charge is 0.0991 e. The third-order valence-electron chi connectivity index (χ3n) is 2.67. The van der Waals surface area contributed by atoms with Gasteiger partial charge in [0.1, 0.15) is 0 Å². The molecule has 0 saturated carbocycles. The van der Waals surface area contributed by atoms with E-state index in [2.05, 4.69) is 11.4 Å². The summed E-state index contributed by atoms with van der Waals surface area (Å²) in [6, 6.07) is 9.78. The minimum absolute atomic E-state index is 0.189. The fourth-order valence-corrected chi connectivity index (χ4v) is 1.42. The Morgan fingerprint density at radius 2 is 2.00 bits per heavy atom. The van der Waals surface area contributed by atoms with Gasteiger partial charge in [-0.25, -0.2) is 0 Å². The molecule has 86 valence electrons. The van der Waals surface area contributed by atoms with Crippen LogP contribution in [0.4, 0.5) is 0 Å². The predicted molar refractivity (Wildman–Crippen MR) is 63.9 cm³/mol. The van der Waals surface area contributed by atoms with Crippen molar-refractivity contribution >= 4 is 0 Å². The first-order valence-electron chi connectivity index (χ1n) is 5.59. The fraction of sp³-hybridized carbons (Fsp3) is 0.462. The molecule has 0 amide bonds. The van der Waals surface area contributed by atoms with E-state index in [0.717, 1.165) is 12.0 Å². The van der Waals surface area contributed by atoms with Gasteiger partial charge in [-0.3, -0.25) is 0 Å². The van der Waals surface area contributed by atoms with Gasteiger partial charge in [-0.1, -0.05) is 19.1 Å². The molecule has 1 unspecified atom stereocenters. The number of nitriles is 1. The number of nitrogens with one attached hydrogen (secondary N) is 1. The van der Waals surface area contributed by atoms with Gasteiger partial charge in [-0.2, -0.15) is 5.26 Å². The van der Waals surface area contributed by atoms with E-state index >= 15 is 0 Å². The van der Waals surface area contributed by atoms with Crippen LogP contribution in [0.5, 0.6) is 0 Å². The minimum atomic E-state index is -0.291. The number of hydrogen-bond donors (Lipinski definition) is 2. The van der Waals surface area contributed by atoms with Crippen LogP contribution in [0.15, 0.2) is 24.3 Å². The van der Waals surface area contributed by atoms with Crippen LogP contribution in [0, 0.1) is 11.3 Å². The molecule has 0 aliphatic carbocycles. The molecular weight excluding hydrogens is 200 g/mol. The average molecular weight is 218 g/mol. The third-order valence-corrected chi connectivity index (χ3v) is 2.67. The molecule has 0 bridgehead atoms. The Bertz CT molecular complexity index is 353. The Morgan fingerprint density at radius 1 is 1.38 bits per heavy atom. The SMILES string of the molecule is CC[C@@H](O)CNC(C)c1ccc(C#N)cc1. The number of aliphatic hydroxyl groups is 1. The molecule has 1 aromatic carbocycles. The summed E-state index contributed by atoms with van der Waals surface area (Å²) in [6.07, 6.45) is 0.466. The van der Waals surface area contributed by atoms with Crippen molar-refractivity contribution in [3.8, 4) is 6.07 Å². The monoisotopic (exact) mass is 218 g/mol. The summed E-state index contributed by atoms with van der Waals surface area (Å²) in [5, 5.41) is 21.4. The molecule has 2 atom stereocenters. The first-order valence-corrected chi connectivity index (χ1v) is 5.59. The van der Waals surface area contributed by atoms with E-state index in [9.17, 15) is 5.11 Å². The van der Waals surface area contributed by atoms with E-state index in [1.807, 2.05) is 38.1 Å². The summed E-state index contributed by atoms with van der Waals surface area (Å²) in [5.41, 5.74) is 1.80. The zero-order valence-electron chi connectivity index (χ0n) is 9.77. The van der Waals surface area contributed by atoms with Crippen LogP contribution in [-0.2, 0) is 0 Å². The maximum atomic E-state index is 9.43. The number of rotatable bonds is 5. The van der Waals surface area contributed by atoms with Gasteiger partial charge in [0, 0.05) is 12.6 Å². The molecule has 0 heterocycles.